The van der Waals surface area contributed by atoms with Crippen LogP contribution in [0.15, 0.2) is 47.4 Å². The Morgan fingerprint density at radius 1 is 1.03 bits per heavy atom. The maximum Gasteiger partial charge on any atom is 0.243 e. The van der Waals surface area contributed by atoms with Crippen molar-refractivity contribution in [3.8, 4) is 11.5 Å². The summed E-state index contributed by atoms with van der Waals surface area (Å²) in [6.07, 6.45) is 0. The molecule has 10 heteroatoms. The lowest BCUT2D eigenvalue weighted by Gasteiger charge is -2.23. The summed E-state index contributed by atoms with van der Waals surface area (Å²) in [5.74, 6) is 0.528. The summed E-state index contributed by atoms with van der Waals surface area (Å²) in [4.78, 5) is 0.0881. The van der Waals surface area contributed by atoms with Crippen LogP contribution in [0.25, 0.3) is 0 Å². The number of aryl methyl sites for hydroxylation is 1. The summed E-state index contributed by atoms with van der Waals surface area (Å²) in [5.41, 5.74) is 0.661. The van der Waals surface area contributed by atoms with E-state index in [9.17, 15) is 12.8 Å². The molecule has 0 fully saturated rings. The van der Waals surface area contributed by atoms with Crippen LogP contribution in [0.4, 0.5) is 4.39 Å². The Balaban J connectivity index is 1.69. The number of benzene rings is 2. The van der Waals surface area contributed by atoms with E-state index in [-0.39, 0.29) is 23.8 Å². The molecule has 0 spiro atoms. The zero-order valence-electron chi connectivity index (χ0n) is 15.5. The quantitative estimate of drug-likeness (QED) is 0.592. The Kier molecular flexibility index (Phi) is 5.48. The van der Waals surface area contributed by atoms with Crippen molar-refractivity contribution in [1.82, 2.24) is 14.5 Å². The lowest BCUT2D eigenvalue weighted by atomic mass is 10.2. The largest absolute Gasteiger partial charge is 0.486 e. The van der Waals surface area contributed by atoms with E-state index in [0.29, 0.717) is 35.3 Å². The van der Waals surface area contributed by atoms with Crippen molar-refractivity contribution in [2.24, 2.45) is 0 Å². The van der Waals surface area contributed by atoms with Crippen molar-refractivity contribution in [2.75, 3.05) is 13.2 Å². The van der Waals surface area contributed by atoms with Gasteiger partial charge in [-0.15, -0.1) is 21.5 Å². The summed E-state index contributed by atoms with van der Waals surface area (Å²) in [5, 5.41) is 9.33. The first-order valence-corrected chi connectivity index (χ1v) is 11.1. The molecule has 0 N–H and O–H groups in total. The highest BCUT2D eigenvalue weighted by molar-refractivity contribution is 7.89. The number of sulfonamides is 1. The minimum Gasteiger partial charge on any atom is -0.486 e. The van der Waals surface area contributed by atoms with Crippen LogP contribution >= 0.6 is 11.3 Å². The molecular formula is C19H18FN3O4S2. The normalized spacial score (nSPS) is 13.6. The number of halogens is 1. The van der Waals surface area contributed by atoms with E-state index >= 15 is 0 Å². The molecule has 1 aromatic heterocycles. The van der Waals surface area contributed by atoms with Crippen LogP contribution in [0.2, 0.25) is 0 Å². The Morgan fingerprint density at radius 3 is 2.45 bits per heavy atom. The van der Waals surface area contributed by atoms with Gasteiger partial charge in [0.05, 0.1) is 11.4 Å². The number of nitrogens with zero attached hydrogens (tertiary/aromatic N) is 3. The van der Waals surface area contributed by atoms with Crippen molar-refractivity contribution in [2.45, 2.75) is 24.9 Å². The molecule has 0 amide bonds. The Labute approximate surface area is 171 Å². The van der Waals surface area contributed by atoms with E-state index in [2.05, 4.69) is 10.2 Å². The molecule has 0 radical (unpaired) electrons. The van der Waals surface area contributed by atoms with Crippen LogP contribution < -0.4 is 9.47 Å². The second-order valence-electron chi connectivity index (χ2n) is 6.42. The molecule has 0 bridgehead atoms. The molecule has 1 aliphatic heterocycles. The van der Waals surface area contributed by atoms with Crippen LogP contribution in [0.5, 0.6) is 11.5 Å². The zero-order valence-corrected chi connectivity index (χ0v) is 17.2. The van der Waals surface area contributed by atoms with Gasteiger partial charge >= 0.3 is 0 Å². The molecule has 2 heterocycles. The van der Waals surface area contributed by atoms with E-state index in [4.69, 9.17) is 9.47 Å². The average molecular weight is 436 g/mol. The van der Waals surface area contributed by atoms with Gasteiger partial charge < -0.3 is 9.47 Å². The summed E-state index contributed by atoms with van der Waals surface area (Å²) in [6.45, 7) is 2.71. The fourth-order valence-corrected chi connectivity index (χ4v) is 5.12. The molecule has 29 heavy (non-hydrogen) atoms. The number of ether oxygens (including phenoxy) is 2. The monoisotopic (exact) mass is 435 g/mol. The smallest absolute Gasteiger partial charge is 0.243 e. The number of fused-ring (bicyclic) bond motifs is 1. The van der Waals surface area contributed by atoms with Gasteiger partial charge in [0, 0.05) is 12.6 Å². The number of hydrogen-bond acceptors (Lipinski definition) is 7. The Morgan fingerprint density at radius 2 is 1.76 bits per heavy atom. The van der Waals surface area contributed by atoms with E-state index in [1.165, 1.54) is 39.9 Å². The minimum absolute atomic E-state index is 0.0552. The molecular weight excluding hydrogens is 417 g/mol. The Hall–Kier alpha value is -2.56. The number of rotatable bonds is 6. The molecule has 1 aliphatic rings. The van der Waals surface area contributed by atoms with Crippen molar-refractivity contribution in [3.63, 3.8) is 0 Å². The van der Waals surface area contributed by atoms with E-state index in [1.807, 2.05) is 0 Å². The molecule has 3 aromatic rings. The molecule has 0 aliphatic carbocycles. The fraction of sp³-hybridized carbons (Fsp3) is 0.263. The molecule has 0 saturated carbocycles. The maximum atomic E-state index is 13.4. The Bertz CT molecular complexity index is 1120. The van der Waals surface area contributed by atoms with Crippen LogP contribution in [0, 0.1) is 12.7 Å². The van der Waals surface area contributed by atoms with Gasteiger partial charge in [-0.2, -0.15) is 4.31 Å². The van der Waals surface area contributed by atoms with Gasteiger partial charge in [0.1, 0.15) is 29.0 Å². The first kappa shape index (κ1) is 19.7. The third kappa shape index (κ3) is 4.39. The fourth-order valence-electron chi connectivity index (χ4n) is 2.90. The molecule has 2 aromatic carbocycles. The molecule has 0 unspecified atom stereocenters. The first-order valence-electron chi connectivity index (χ1n) is 8.85. The second kappa shape index (κ2) is 8.05. The lowest BCUT2D eigenvalue weighted by molar-refractivity contribution is 0.171. The number of aromatic nitrogens is 2. The van der Waals surface area contributed by atoms with E-state index < -0.39 is 10.0 Å². The highest BCUT2D eigenvalue weighted by Crippen LogP contribution is 2.34. The summed E-state index contributed by atoms with van der Waals surface area (Å²) in [6, 6.07) is 10.3. The van der Waals surface area contributed by atoms with Gasteiger partial charge in [0.15, 0.2) is 11.5 Å². The first-order chi connectivity index (χ1) is 13.9. The second-order valence-corrected chi connectivity index (χ2v) is 9.62. The van der Waals surface area contributed by atoms with E-state index in [1.54, 1.807) is 25.1 Å². The molecule has 0 saturated heterocycles. The van der Waals surface area contributed by atoms with Crippen LogP contribution in [0.1, 0.15) is 15.6 Å². The summed E-state index contributed by atoms with van der Waals surface area (Å²) >= 11 is 1.33. The van der Waals surface area contributed by atoms with Gasteiger partial charge in [-0.05, 0) is 36.8 Å². The molecule has 152 valence electrons. The standard InChI is InChI=1S/C19H18FN3O4S2/c1-13-21-22-19(28-13)12-23(11-14-2-4-15(20)5-3-14)29(24,25)16-6-7-17-18(10-16)27-9-8-26-17/h2-7,10H,8-9,11-12H2,1H3. The van der Waals surface area contributed by atoms with E-state index in [0.717, 1.165) is 5.01 Å². The number of hydrogen-bond donors (Lipinski definition) is 0. The molecule has 0 atom stereocenters. The van der Waals surface area contributed by atoms with Gasteiger partial charge in [-0.25, -0.2) is 12.8 Å². The van der Waals surface area contributed by atoms with Crippen molar-refractivity contribution >= 4 is 21.4 Å². The highest BCUT2D eigenvalue weighted by atomic mass is 32.2. The van der Waals surface area contributed by atoms with Crippen LogP contribution in [0.3, 0.4) is 0 Å². The summed E-state index contributed by atoms with van der Waals surface area (Å²) < 4.78 is 52.4. The predicted octanol–water partition coefficient (Wildman–Crippen LogP) is 3.15. The van der Waals surface area contributed by atoms with Gasteiger partial charge in [0.25, 0.3) is 0 Å². The third-order valence-electron chi connectivity index (χ3n) is 4.30. The minimum atomic E-state index is -3.89. The van der Waals surface area contributed by atoms with Crippen molar-refractivity contribution < 1.29 is 22.3 Å². The van der Waals surface area contributed by atoms with Gasteiger partial charge in [0.2, 0.25) is 10.0 Å². The van der Waals surface area contributed by atoms with Crippen LogP contribution in [-0.4, -0.2) is 36.1 Å². The highest BCUT2D eigenvalue weighted by Gasteiger charge is 2.28. The van der Waals surface area contributed by atoms with Crippen LogP contribution in [-0.2, 0) is 23.1 Å². The van der Waals surface area contributed by atoms with Crippen molar-refractivity contribution in [3.05, 3.63) is 63.9 Å². The van der Waals surface area contributed by atoms with Gasteiger partial charge in [-0.3, -0.25) is 0 Å². The third-order valence-corrected chi connectivity index (χ3v) is 6.91. The summed E-state index contributed by atoms with van der Waals surface area (Å²) in [7, 11) is -3.89. The van der Waals surface area contributed by atoms with Gasteiger partial charge in [-0.1, -0.05) is 12.1 Å². The average Bonchev–Trinajstić information content (AvgIpc) is 3.13. The molecule has 7 nitrogen and oxygen atoms in total. The molecule has 4 rings (SSSR count). The maximum absolute atomic E-state index is 13.4. The lowest BCUT2D eigenvalue weighted by Crippen LogP contribution is -2.30. The predicted molar refractivity (Wildman–Crippen MR) is 105 cm³/mol. The van der Waals surface area contributed by atoms with Crippen molar-refractivity contribution in [1.29, 1.82) is 0 Å². The SMILES string of the molecule is Cc1nnc(CN(Cc2ccc(F)cc2)S(=O)(=O)c2ccc3c(c2)OCCO3)s1. The zero-order chi connectivity index (χ0) is 20.4. The topological polar surface area (TPSA) is 81.6 Å².